The smallest absolute Gasteiger partial charge is 0.146 e. The molecule has 4 heteroatoms. The quantitative estimate of drug-likeness (QED) is 0.888. The third kappa shape index (κ3) is 3.00. The van der Waals surface area contributed by atoms with E-state index in [0.717, 1.165) is 31.6 Å². The third-order valence-corrected chi connectivity index (χ3v) is 3.51. The summed E-state index contributed by atoms with van der Waals surface area (Å²) >= 11 is 0. The normalized spacial score (nSPS) is 16.8. The number of benzene rings is 1. The van der Waals surface area contributed by atoms with E-state index in [1.165, 1.54) is 0 Å². The van der Waals surface area contributed by atoms with Crippen LogP contribution in [0.3, 0.4) is 0 Å². The zero-order valence-corrected chi connectivity index (χ0v) is 11.1. The Morgan fingerprint density at radius 3 is 2.72 bits per heavy atom. The number of ether oxygens (including phenoxy) is 1. The van der Waals surface area contributed by atoms with Crippen LogP contribution in [0.2, 0.25) is 0 Å². The summed E-state index contributed by atoms with van der Waals surface area (Å²) in [4.78, 5) is 2.04. The van der Waals surface area contributed by atoms with E-state index in [-0.39, 0.29) is 5.82 Å². The maximum Gasteiger partial charge on any atom is 0.146 e. The molecular weight excluding hydrogens is 231 g/mol. The average Bonchev–Trinajstić information content (AvgIpc) is 2.40. The lowest BCUT2D eigenvalue weighted by molar-refractivity contribution is 0.0853. The van der Waals surface area contributed by atoms with Gasteiger partial charge in [0.05, 0.1) is 5.69 Å². The van der Waals surface area contributed by atoms with Gasteiger partial charge in [0, 0.05) is 32.8 Å². The number of nitrogens with zero attached hydrogens (tertiary/aromatic N) is 1. The van der Waals surface area contributed by atoms with Gasteiger partial charge in [-0.15, -0.1) is 0 Å². The second kappa shape index (κ2) is 6.16. The first-order valence-electron chi connectivity index (χ1n) is 6.46. The number of rotatable bonds is 4. The van der Waals surface area contributed by atoms with Crippen LogP contribution in [0.5, 0.6) is 0 Å². The van der Waals surface area contributed by atoms with E-state index < -0.39 is 0 Å². The van der Waals surface area contributed by atoms with Gasteiger partial charge in [-0.05, 0) is 37.6 Å². The monoisotopic (exact) mass is 252 g/mol. The highest BCUT2D eigenvalue weighted by Crippen LogP contribution is 2.24. The van der Waals surface area contributed by atoms with E-state index in [0.29, 0.717) is 18.3 Å². The van der Waals surface area contributed by atoms with Crippen molar-refractivity contribution in [2.45, 2.75) is 25.4 Å². The maximum atomic E-state index is 14.1. The zero-order chi connectivity index (χ0) is 13.0. The molecule has 3 nitrogen and oxygen atoms in total. The lowest BCUT2D eigenvalue weighted by Gasteiger charge is -2.33. The molecule has 1 aromatic carbocycles. The van der Waals surface area contributed by atoms with E-state index in [4.69, 9.17) is 4.74 Å². The van der Waals surface area contributed by atoms with Crippen molar-refractivity contribution in [1.29, 1.82) is 0 Å². The fraction of sp³-hybridized carbons (Fsp3) is 0.571. The number of hydrogen-bond acceptors (Lipinski definition) is 3. The van der Waals surface area contributed by atoms with E-state index >= 15 is 0 Å². The molecule has 0 unspecified atom stereocenters. The van der Waals surface area contributed by atoms with Gasteiger partial charge in [-0.3, -0.25) is 0 Å². The van der Waals surface area contributed by atoms with Crippen LogP contribution < -0.4 is 10.2 Å². The topological polar surface area (TPSA) is 24.5 Å². The Morgan fingerprint density at radius 1 is 1.39 bits per heavy atom. The van der Waals surface area contributed by atoms with Crippen molar-refractivity contribution in [1.82, 2.24) is 5.32 Å². The Morgan fingerprint density at radius 2 is 2.11 bits per heavy atom. The highest BCUT2D eigenvalue weighted by molar-refractivity contribution is 5.49. The number of nitrogens with one attached hydrogen (secondary N) is 1. The largest absolute Gasteiger partial charge is 0.381 e. The second-order valence-electron chi connectivity index (χ2n) is 4.77. The summed E-state index contributed by atoms with van der Waals surface area (Å²) in [7, 11) is 3.83. The van der Waals surface area contributed by atoms with Crippen molar-refractivity contribution >= 4 is 5.69 Å². The molecule has 1 aliphatic heterocycles. The molecule has 100 valence electrons. The van der Waals surface area contributed by atoms with E-state index in [1.807, 2.05) is 31.1 Å². The predicted octanol–water partition coefficient (Wildman–Crippen LogP) is 2.16. The molecule has 1 fully saturated rings. The van der Waals surface area contributed by atoms with Gasteiger partial charge in [-0.2, -0.15) is 0 Å². The molecule has 1 saturated heterocycles. The fourth-order valence-corrected chi connectivity index (χ4v) is 2.42. The molecule has 1 N–H and O–H groups in total. The Balaban J connectivity index is 2.11. The van der Waals surface area contributed by atoms with Gasteiger partial charge < -0.3 is 15.0 Å². The summed E-state index contributed by atoms with van der Waals surface area (Å²) in [5.41, 5.74) is 1.65. The molecule has 0 saturated carbocycles. The first kappa shape index (κ1) is 13.3. The molecular formula is C14H21FN2O. The van der Waals surface area contributed by atoms with Crippen LogP contribution in [-0.4, -0.2) is 33.4 Å². The lowest BCUT2D eigenvalue weighted by atomic mass is 10.1. The van der Waals surface area contributed by atoms with Crippen LogP contribution in [0.1, 0.15) is 18.4 Å². The summed E-state index contributed by atoms with van der Waals surface area (Å²) in [5.74, 6) is -0.142. The molecule has 1 heterocycles. The number of hydrogen-bond donors (Lipinski definition) is 1. The van der Waals surface area contributed by atoms with Crippen molar-refractivity contribution in [2.75, 3.05) is 32.2 Å². The van der Waals surface area contributed by atoms with Gasteiger partial charge in [0.1, 0.15) is 5.82 Å². The van der Waals surface area contributed by atoms with Crippen LogP contribution >= 0.6 is 0 Å². The molecule has 0 aromatic heterocycles. The van der Waals surface area contributed by atoms with Gasteiger partial charge in [-0.1, -0.05) is 6.07 Å². The Bertz CT molecular complexity index is 391. The van der Waals surface area contributed by atoms with Gasteiger partial charge in [0.15, 0.2) is 0 Å². The minimum atomic E-state index is -0.142. The predicted molar refractivity (Wildman–Crippen MR) is 71.4 cm³/mol. The summed E-state index contributed by atoms with van der Waals surface area (Å²) in [5, 5.41) is 3.03. The third-order valence-electron chi connectivity index (χ3n) is 3.51. The molecule has 2 rings (SSSR count). The molecule has 18 heavy (non-hydrogen) atoms. The van der Waals surface area contributed by atoms with Crippen molar-refractivity contribution < 1.29 is 9.13 Å². The summed E-state index contributed by atoms with van der Waals surface area (Å²) in [6.45, 7) is 2.24. The van der Waals surface area contributed by atoms with Gasteiger partial charge in [0.2, 0.25) is 0 Å². The highest BCUT2D eigenvalue weighted by Gasteiger charge is 2.20. The summed E-state index contributed by atoms with van der Waals surface area (Å²) < 4.78 is 19.4. The standard InChI is InChI=1S/C14H21FN2O/c1-16-10-11-3-4-14(13(15)9-11)17(2)12-5-7-18-8-6-12/h3-4,9,12,16H,5-8,10H2,1-2H3. The van der Waals surface area contributed by atoms with Crippen molar-refractivity contribution in [3.63, 3.8) is 0 Å². The van der Waals surface area contributed by atoms with E-state index in [9.17, 15) is 4.39 Å². The zero-order valence-electron chi connectivity index (χ0n) is 11.1. The van der Waals surface area contributed by atoms with Crippen molar-refractivity contribution in [3.8, 4) is 0 Å². The van der Waals surface area contributed by atoms with Crippen LogP contribution in [-0.2, 0) is 11.3 Å². The first-order valence-corrected chi connectivity index (χ1v) is 6.46. The Labute approximate surface area is 108 Å². The molecule has 0 amide bonds. The molecule has 1 aliphatic rings. The fourth-order valence-electron chi connectivity index (χ4n) is 2.42. The lowest BCUT2D eigenvalue weighted by Crippen LogP contribution is -2.37. The van der Waals surface area contributed by atoms with Crippen LogP contribution in [0.4, 0.5) is 10.1 Å². The first-order chi connectivity index (χ1) is 8.72. The minimum absolute atomic E-state index is 0.142. The molecule has 0 atom stereocenters. The van der Waals surface area contributed by atoms with Crippen molar-refractivity contribution in [2.24, 2.45) is 0 Å². The van der Waals surface area contributed by atoms with Gasteiger partial charge in [-0.25, -0.2) is 4.39 Å². The molecule has 1 aromatic rings. The van der Waals surface area contributed by atoms with Gasteiger partial charge >= 0.3 is 0 Å². The van der Waals surface area contributed by atoms with Crippen LogP contribution in [0.15, 0.2) is 18.2 Å². The second-order valence-corrected chi connectivity index (χ2v) is 4.77. The number of anilines is 1. The van der Waals surface area contributed by atoms with Gasteiger partial charge in [0.25, 0.3) is 0 Å². The van der Waals surface area contributed by atoms with Crippen molar-refractivity contribution in [3.05, 3.63) is 29.6 Å². The number of halogens is 1. The molecule has 0 bridgehead atoms. The Kier molecular flexibility index (Phi) is 4.55. The van der Waals surface area contributed by atoms with E-state index in [2.05, 4.69) is 5.32 Å². The molecule has 0 aliphatic carbocycles. The Hall–Kier alpha value is -1.13. The van der Waals surface area contributed by atoms with Crippen LogP contribution in [0, 0.1) is 5.82 Å². The van der Waals surface area contributed by atoms with Crippen LogP contribution in [0.25, 0.3) is 0 Å². The summed E-state index contributed by atoms with van der Waals surface area (Å²) in [6, 6.07) is 5.84. The average molecular weight is 252 g/mol. The minimum Gasteiger partial charge on any atom is -0.381 e. The SMILES string of the molecule is CNCc1ccc(N(C)C2CCOCC2)c(F)c1. The molecule has 0 spiro atoms. The summed E-state index contributed by atoms with van der Waals surface area (Å²) in [6.07, 6.45) is 1.93. The van der Waals surface area contributed by atoms with E-state index in [1.54, 1.807) is 6.07 Å². The highest BCUT2D eigenvalue weighted by atomic mass is 19.1. The maximum absolute atomic E-state index is 14.1. The molecule has 0 radical (unpaired) electrons.